The van der Waals surface area contributed by atoms with Crippen molar-refractivity contribution in [1.29, 1.82) is 0 Å². The highest BCUT2D eigenvalue weighted by atomic mass is 32.1. The molecular formula is C44H29NS. The van der Waals surface area contributed by atoms with Crippen LogP contribution in [0.1, 0.15) is 22.3 Å². The molecule has 1 atom stereocenters. The molecule has 1 heterocycles. The maximum Gasteiger partial charge on any atom is 0.124 e. The van der Waals surface area contributed by atoms with Crippen molar-refractivity contribution in [3.8, 4) is 44.0 Å². The Balaban J connectivity index is 1.36. The molecule has 0 N–H and O–H groups in total. The molecule has 1 aliphatic rings. The number of rotatable bonds is 5. The molecule has 8 aromatic rings. The van der Waals surface area contributed by atoms with Gasteiger partial charge >= 0.3 is 0 Å². The lowest BCUT2D eigenvalue weighted by Crippen LogP contribution is -2.28. The van der Waals surface area contributed by atoms with E-state index in [1.54, 1.807) is 11.3 Å². The van der Waals surface area contributed by atoms with Crippen LogP contribution in [0.2, 0.25) is 0 Å². The van der Waals surface area contributed by atoms with Gasteiger partial charge in [0.25, 0.3) is 0 Å². The molecule has 1 aromatic heterocycles. The van der Waals surface area contributed by atoms with E-state index in [2.05, 4.69) is 176 Å². The topological polar surface area (TPSA) is 12.9 Å². The van der Waals surface area contributed by atoms with Crippen molar-refractivity contribution in [3.63, 3.8) is 0 Å². The van der Waals surface area contributed by atoms with Crippen molar-refractivity contribution in [2.45, 2.75) is 5.41 Å². The molecule has 1 unspecified atom stereocenters. The summed E-state index contributed by atoms with van der Waals surface area (Å²) in [4.78, 5) is 5.03. The Morgan fingerprint density at radius 3 is 1.67 bits per heavy atom. The smallest absolute Gasteiger partial charge is 0.124 e. The number of fused-ring (bicyclic) bond motifs is 4. The molecule has 0 radical (unpaired) electrons. The third-order valence-electron chi connectivity index (χ3n) is 9.37. The van der Waals surface area contributed by atoms with Crippen molar-refractivity contribution < 1.29 is 0 Å². The summed E-state index contributed by atoms with van der Waals surface area (Å²) in [7, 11) is 0. The summed E-state index contributed by atoms with van der Waals surface area (Å²) in [6.07, 6.45) is 0. The lowest BCUT2D eigenvalue weighted by molar-refractivity contribution is 0.769. The molecule has 7 aromatic carbocycles. The van der Waals surface area contributed by atoms with Gasteiger partial charge in [0.05, 0.1) is 15.6 Å². The largest absolute Gasteiger partial charge is 0.236 e. The van der Waals surface area contributed by atoms with Crippen molar-refractivity contribution >= 4 is 21.6 Å². The quantitative estimate of drug-likeness (QED) is 0.191. The molecule has 46 heavy (non-hydrogen) atoms. The molecule has 0 saturated carbocycles. The first-order chi connectivity index (χ1) is 22.8. The van der Waals surface area contributed by atoms with Crippen molar-refractivity contribution in [2.24, 2.45) is 0 Å². The molecule has 1 aliphatic carbocycles. The molecule has 0 fully saturated rings. The molecule has 216 valence electrons. The summed E-state index contributed by atoms with van der Waals surface area (Å²) in [6, 6.07) is 64.2. The van der Waals surface area contributed by atoms with Crippen LogP contribution >= 0.6 is 11.3 Å². The summed E-state index contributed by atoms with van der Waals surface area (Å²) in [6.45, 7) is 0. The minimum absolute atomic E-state index is 0.506. The van der Waals surface area contributed by atoms with E-state index in [1.165, 1.54) is 60.3 Å². The molecule has 2 heteroatoms. The summed E-state index contributed by atoms with van der Waals surface area (Å²) in [5.41, 5.74) is 14.2. The van der Waals surface area contributed by atoms with Gasteiger partial charge in [0.15, 0.2) is 0 Å². The SMILES string of the molecule is c1ccc(-c2cc(-c3ccccc3)cc(C3(c4ccccc4)c4ccccc4-c4cc(-c5nc6ccccc6s5)ccc43)c2)cc1. The van der Waals surface area contributed by atoms with Gasteiger partial charge in [-0.3, -0.25) is 0 Å². The summed E-state index contributed by atoms with van der Waals surface area (Å²) in [5, 5.41) is 1.05. The number of thiazole rings is 1. The number of aromatic nitrogens is 1. The van der Waals surface area contributed by atoms with E-state index < -0.39 is 5.41 Å². The molecular weight excluding hydrogens is 575 g/mol. The van der Waals surface area contributed by atoms with Gasteiger partial charge in [0, 0.05) is 5.56 Å². The van der Waals surface area contributed by atoms with Crippen LogP contribution in [-0.2, 0) is 5.41 Å². The molecule has 1 nitrogen and oxygen atoms in total. The average molecular weight is 604 g/mol. The highest BCUT2D eigenvalue weighted by molar-refractivity contribution is 7.21. The van der Waals surface area contributed by atoms with Crippen LogP contribution in [0.5, 0.6) is 0 Å². The van der Waals surface area contributed by atoms with Gasteiger partial charge in [-0.05, 0) is 92.0 Å². The number of hydrogen-bond acceptors (Lipinski definition) is 2. The Kier molecular flexibility index (Phi) is 6.29. The van der Waals surface area contributed by atoms with Crippen LogP contribution in [0.4, 0.5) is 0 Å². The summed E-state index contributed by atoms with van der Waals surface area (Å²) < 4.78 is 1.21. The van der Waals surface area contributed by atoms with E-state index in [1.807, 2.05) is 0 Å². The minimum atomic E-state index is -0.506. The third-order valence-corrected chi connectivity index (χ3v) is 10.5. The first-order valence-corrected chi connectivity index (χ1v) is 16.5. The van der Waals surface area contributed by atoms with Gasteiger partial charge in [-0.25, -0.2) is 4.98 Å². The van der Waals surface area contributed by atoms with Gasteiger partial charge in [-0.1, -0.05) is 140 Å². The molecule has 9 rings (SSSR count). The lowest BCUT2D eigenvalue weighted by atomic mass is 9.67. The third kappa shape index (κ3) is 4.18. The van der Waals surface area contributed by atoms with Gasteiger partial charge in [-0.15, -0.1) is 11.3 Å². The van der Waals surface area contributed by atoms with Crippen LogP contribution in [0.15, 0.2) is 176 Å². The van der Waals surface area contributed by atoms with Gasteiger partial charge in [-0.2, -0.15) is 0 Å². The Hall–Kier alpha value is -5.57. The van der Waals surface area contributed by atoms with Crippen LogP contribution in [-0.4, -0.2) is 4.98 Å². The fourth-order valence-corrected chi connectivity index (χ4v) is 8.29. The van der Waals surface area contributed by atoms with E-state index in [0.717, 1.165) is 16.1 Å². The highest BCUT2D eigenvalue weighted by Gasteiger charge is 2.46. The van der Waals surface area contributed by atoms with Crippen LogP contribution in [0, 0.1) is 0 Å². The van der Waals surface area contributed by atoms with E-state index >= 15 is 0 Å². The Labute approximate surface area is 273 Å². The molecule has 0 saturated heterocycles. The maximum absolute atomic E-state index is 5.03. The zero-order chi connectivity index (χ0) is 30.5. The van der Waals surface area contributed by atoms with Gasteiger partial charge < -0.3 is 0 Å². The Bertz CT molecular complexity index is 2270. The Morgan fingerprint density at radius 2 is 0.978 bits per heavy atom. The van der Waals surface area contributed by atoms with Crippen LogP contribution in [0.25, 0.3) is 54.2 Å². The van der Waals surface area contributed by atoms with Crippen molar-refractivity contribution in [2.75, 3.05) is 0 Å². The predicted octanol–water partition coefficient (Wildman–Crippen LogP) is 11.7. The zero-order valence-corrected chi connectivity index (χ0v) is 25.9. The molecule has 0 amide bonds. The molecule has 0 aliphatic heterocycles. The highest BCUT2D eigenvalue weighted by Crippen LogP contribution is 2.57. The fraction of sp³-hybridized carbons (Fsp3) is 0.0227. The fourth-order valence-electron chi connectivity index (χ4n) is 7.33. The first kappa shape index (κ1) is 26.8. The van der Waals surface area contributed by atoms with Crippen LogP contribution in [0.3, 0.4) is 0 Å². The monoisotopic (exact) mass is 603 g/mol. The van der Waals surface area contributed by atoms with E-state index in [4.69, 9.17) is 4.98 Å². The summed E-state index contributed by atoms with van der Waals surface area (Å²) >= 11 is 1.76. The van der Waals surface area contributed by atoms with Gasteiger partial charge in [0.1, 0.15) is 5.01 Å². The standard InChI is InChI=1S/C44H29NS/c1-4-14-30(15-5-1)33-26-34(31-16-6-2-7-17-31)28-36(27-33)44(35-18-8-3-9-19-35)39-21-11-10-20-37(39)38-29-32(24-25-40(38)44)43-45-41-22-12-13-23-42(41)46-43/h1-29H. The summed E-state index contributed by atoms with van der Waals surface area (Å²) in [5.74, 6) is 0. The molecule has 0 spiro atoms. The lowest BCUT2D eigenvalue weighted by Gasteiger charge is -2.34. The second kappa shape index (κ2) is 10.8. The number of benzene rings is 7. The minimum Gasteiger partial charge on any atom is -0.236 e. The molecule has 0 bridgehead atoms. The maximum atomic E-state index is 5.03. The number of para-hydroxylation sites is 1. The van der Waals surface area contributed by atoms with Crippen molar-refractivity contribution in [1.82, 2.24) is 4.98 Å². The number of nitrogens with zero attached hydrogens (tertiary/aromatic N) is 1. The van der Waals surface area contributed by atoms with Crippen LogP contribution < -0.4 is 0 Å². The number of hydrogen-bond donors (Lipinski definition) is 0. The average Bonchev–Trinajstić information content (AvgIpc) is 3.70. The predicted molar refractivity (Wildman–Crippen MR) is 193 cm³/mol. The van der Waals surface area contributed by atoms with E-state index in [-0.39, 0.29) is 0 Å². The first-order valence-electron chi connectivity index (χ1n) is 15.7. The van der Waals surface area contributed by atoms with Crippen molar-refractivity contribution in [3.05, 3.63) is 198 Å². The second-order valence-electron chi connectivity index (χ2n) is 11.9. The second-order valence-corrected chi connectivity index (χ2v) is 13.0. The van der Waals surface area contributed by atoms with Gasteiger partial charge in [0.2, 0.25) is 0 Å². The zero-order valence-electron chi connectivity index (χ0n) is 25.1. The Morgan fingerprint density at radius 1 is 0.391 bits per heavy atom. The van der Waals surface area contributed by atoms with E-state index in [9.17, 15) is 0 Å². The van der Waals surface area contributed by atoms with E-state index in [0.29, 0.717) is 0 Å². The normalized spacial score (nSPS) is 15.0.